The average molecular weight is 332 g/mol. The minimum atomic E-state index is -0.216. The first-order chi connectivity index (χ1) is 11.2. The highest BCUT2D eigenvalue weighted by Crippen LogP contribution is 2.30. The van der Waals surface area contributed by atoms with Crippen LogP contribution in [0.25, 0.3) is 10.2 Å². The van der Waals surface area contributed by atoms with Crippen LogP contribution in [-0.2, 0) is 9.53 Å². The summed E-state index contributed by atoms with van der Waals surface area (Å²) in [5, 5.41) is 1.12. The number of fused-ring (bicyclic) bond motifs is 1. The molecule has 23 heavy (non-hydrogen) atoms. The zero-order valence-electron chi connectivity index (χ0n) is 13.2. The molecule has 0 aliphatic carbocycles. The number of aryl methyl sites for hydroxylation is 1. The third-order valence-corrected chi connectivity index (χ3v) is 5.49. The number of aromatic nitrogens is 2. The Labute approximate surface area is 139 Å². The first-order valence-corrected chi connectivity index (χ1v) is 8.90. The van der Waals surface area contributed by atoms with Gasteiger partial charge in [0.1, 0.15) is 23.1 Å². The lowest BCUT2D eigenvalue weighted by Crippen LogP contribution is -2.51. The van der Waals surface area contributed by atoms with E-state index in [0.717, 1.165) is 55.1 Å². The first-order valence-electron chi connectivity index (χ1n) is 8.09. The van der Waals surface area contributed by atoms with Crippen molar-refractivity contribution >= 4 is 33.3 Å². The van der Waals surface area contributed by atoms with Crippen LogP contribution in [0, 0.1) is 6.92 Å². The van der Waals surface area contributed by atoms with Crippen molar-refractivity contribution in [1.82, 2.24) is 14.9 Å². The molecule has 0 saturated carbocycles. The Morgan fingerprint density at radius 3 is 2.87 bits per heavy atom. The molecule has 2 aromatic rings. The van der Waals surface area contributed by atoms with Crippen LogP contribution >= 0.6 is 11.3 Å². The quantitative estimate of drug-likeness (QED) is 0.840. The molecule has 122 valence electrons. The Balaban J connectivity index is 1.47. The minimum Gasteiger partial charge on any atom is -0.368 e. The van der Waals surface area contributed by atoms with Gasteiger partial charge in [-0.05, 0) is 25.8 Å². The fourth-order valence-electron chi connectivity index (χ4n) is 3.33. The molecule has 2 saturated heterocycles. The lowest BCUT2D eigenvalue weighted by molar-refractivity contribution is -0.141. The van der Waals surface area contributed by atoms with Crippen molar-refractivity contribution in [2.75, 3.05) is 37.7 Å². The van der Waals surface area contributed by atoms with Crippen LogP contribution in [-0.4, -0.2) is 59.7 Å². The molecular formula is C16H20N4O2S. The van der Waals surface area contributed by atoms with Gasteiger partial charge in [-0.15, -0.1) is 11.3 Å². The smallest absolute Gasteiger partial charge is 0.251 e. The van der Waals surface area contributed by atoms with Crippen LogP contribution in [0.2, 0.25) is 0 Å². The third kappa shape index (κ3) is 2.79. The van der Waals surface area contributed by atoms with E-state index in [0.29, 0.717) is 6.61 Å². The molecule has 2 aliphatic heterocycles. The van der Waals surface area contributed by atoms with Gasteiger partial charge in [-0.3, -0.25) is 4.79 Å². The Morgan fingerprint density at radius 1 is 1.30 bits per heavy atom. The maximum atomic E-state index is 12.4. The molecule has 1 amide bonds. The number of ether oxygens (including phenoxy) is 1. The van der Waals surface area contributed by atoms with Crippen molar-refractivity contribution in [2.24, 2.45) is 0 Å². The van der Waals surface area contributed by atoms with Crippen molar-refractivity contribution in [1.29, 1.82) is 0 Å². The van der Waals surface area contributed by atoms with Gasteiger partial charge in [0.05, 0.1) is 5.39 Å². The summed E-state index contributed by atoms with van der Waals surface area (Å²) in [5.74, 6) is 1.14. The van der Waals surface area contributed by atoms with E-state index >= 15 is 0 Å². The number of hydrogen-bond acceptors (Lipinski definition) is 6. The number of amides is 1. The van der Waals surface area contributed by atoms with Crippen LogP contribution in [0.3, 0.4) is 0 Å². The normalized spacial score (nSPS) is 22.0. The van der Waals surface area contributed by atoms with Gasteiger partial charge in [0.25, 0.3) is 5.91 Å². The van der Waals surface area contributed by atoms with E-state index in [9.17, 15) is 4.79 Å². The molecule has 0 radical (unpaired) electrons. The maximum Gasteiger partial charge on any atom is 0.251 e. The summed E-state index contributed by atoms with van der Waals surface area (Å²) < 4.78 is 5.52. The molecular weight excluding hydrogens is 312 g/mol. The molecule has 0 N–H and O–H groups in total. The van der Waals surface area contributed by atoms with E-state index in [4.69, 9.17) is 4.74 Å². The fraction of sp³-hybridized carbons (Fsp3) is 0.562. The number of nitrogens with zero attached hydrogens (tertiary/aromatic N) is 4. The Morgan fingerprint density at radius 2 is 2.13 bits per heavy atom. The fourth-order valence-corrected chi connectivity index (χ4v) is 4.17. The standard InChI is InChI=1S/C16H20N4O2S/c1-11-9-12-14(17-10-18-15(12)23-11)19-4-6-20(7-5-19)16(21)13-3-2-8-22-13/h9-10,13H,2-8H2,1H3. The van der Waals surface area contributed by atoms with Crippen molar-refractivity contribution in [3.05, 3.63) is 17.3 Å². The molecule has 4 rings (SSSR count). The van der Waals surface area contributed by atoms with E-state index < -0.39 is 0 Å². The van der Waals surface area contributed by atoms with Crippen molar-refractivity contribution < 1.29 is 9.53 Å². The van der Waals surface area contributed by atoms with Crippen LogP contribution in [0.5, 0.6) is 0 Å². The number of carbonyl (C=O) groups excluding carboxylic acids is 1. The van der Waals surface area contributed by atoms with E-state index in [1.807, 2.05) is 4.90 Å². The average Bonchev–Trinajstić information content (AvgIpc) is 3.22. The molecule has 7 heteroatoms. The third-order valence-electron chi connectivity index (χ3n) is 4.53. The number of rotatable bonds is 2. The largest absolute Gasteiger partial charge is 0.368 e. The van der Waals surface area contributed by atoms with Gasteiger partial charge in [0.2, 0.25) is 0 Å². The summed E-state index contributed by atoms with van der Waals surface area (Å²) in [6.45, 7) is 5.88. The molecule has 0 spiro atoms. The molecule has 2 aliphatic rings. The summed E-state index contributed by atoms with van der Waals surface area (Å²) in [5.41, 5.74) is 0. The van der Waals surface area contributed by atoms with Crippen LogP contribution in [0.15, 0.2) is 12.4 Å². The molecule has 0 aromatic carbocycles. The predicted octanol–water partition coefficient (Wildman–Crippen LogP) is 1.83. The van der Waals surface area contributed by atoms with E-state index in [1.54, 1.807) is 17.7 Å². The monoisotopic (exact) mass is 332 g/mol. The highest BCUT2D eigenvalue weighted by atomic mass is 32.1. The second-order valence-electron chi connectivity index (χ2n) is 6.09. The van der Waals surface area contributed by atoms with Gasteiger partial charge < -0.3 is 14.5 Å². The van der Waals surface area contributed by atoms with E-state index in [1.165, 1.54) is 4.88 Å². The first kappa shape index (κ1) is 14.8. The number of anilines is 1. The number of piperazine rings is 1. The summed E-state index contributed by atoms with van der Waals surface area (Å²) >= 11 is 1.69. The van der Waals surface area contributed by atoms with Gasteiger partial charge in [0.15, 0.2) is 0 Å². The highest BCUT2D eigenvalue weighted by molar-refractivity contribution is 7.18. The summed E-state index contributed by atoms with van der Waals surface area (Å²) in [6.07, 6.45) is 3.27. The Kier molecular flexibility index (Phi) is 3.90. The molecule has 1 unspecified atom stereocenters. The van der Waals surface area contributed by atoms with Gasteiger partial charge in [-0.2, -0.15) is 0 Å². The van der Waals surface area contributed by atoms with E-state index in [2.05, 4.69) is 27.9 Å². The second kappa shape index (κ2) is 6.05. The lowest BCUT2D eigenvalue weighted by atomic mass is 10.2. The Hall–Kier alpha value is -1.73. The molecule has 0 bridgehead atoms. The van der Waals surface area contributed by atoms with Crippen molar-refractivity contribution in [2.45, 2.75) is 25.9 Å². The highest BCUT2D eigenvalue weighted by Gasteiger charge is 2.30. The van der Waals surface area contributed by atoms with Gasteiger partial charge in [-0.1, -0.05) is 0 Å². The molecule has 2 aromatic heterocycles. The lowest BCUT2D eigenvalue weighted by Gasteiger charge is -2.36. The number of carbonyl (C=O) groups is 1. The van der Waals surface area contributed by atoms with Gasteiger partial charge in [-0.25, -0.2) is 9.97 Å². The van der Waals surface area contributed by atoms with Crippen molar-refractivity contribution in [3.63, 3.8) is 0 Å². The Bertz CT molecular complexity index is 718. The summed E-state index contributed by atoms with van der Waals surface area (Å²) in [7, 11) is 0. The van der Waals surface area contributed by atoms with Crippen molar-refractivity contribution in [3.8, 4) is 0 Å². The van der Waals surface area contributed by atoms with E-state index in [-0.39, 0.29) is 12.0 Å². The maximum absolute atomic E-state index is 12.4. The van der Waals surface area contributed by atoms with Crippen LogP contribution in [0.1, 0.15) is 17.7 Å². The second-order valence-corrected chi connectivity index (χ2v) is 7.32. The minimum absolute atomic E-state index is 0.154. The van der Waals surface area contributed by atoms with Crippen LogP contribution in [0.4, 0.5) is 5.82 Å². The molecule has 4 heterocycles. The topological polar surface area (TPSA) is 58.6 Å². The SMILES string of the molecule is Cc1cc2c(N3CCN(C(=O)C4CCCO4)CC3)ncnc2s1. The number of thiophene rings is 1. The zero-order chi connectivity index (χ0) is 15.8. The van der Waals surface area contributed by atoms with Gasteiger partial charge in [0, 0.05) is 37.7 Å². The van der Waals surface area contributed by atoms with Gasteiger partial charge >= 0.3 is 0 Å². The summed E-state index contributed by atoms with van der Waals surface area (Å²) in [6, 6.07) is 2.15. The molecule has 6 nitrogen and oxygen atoms in total. The van der Waals surface area contributed by atoms with Crippen LogP contribution < -0.4 is 4.90 Å². The molecule has 2 fully saturated rings. The molecule has 1 atom stereocenters. The predicted molar refractivity (Wildman–Crippen MR) is 89.9 cm³/mol. The zero-order valence-corrected chi connectivity index (χ0v) is 14.0. The summed E-state index contributed by atoms with van der Waals surface area (Å²) in [4.78, 5) is 27.7. The number of hydrogen-bond donors (Lipinski definition) is 0.